The van der Waals surface area contributed by atoms with Crippen molar-refractivity contribution in [3.05, 3.63) is 36.0 Å². The van der Waals surface area contributed by atoms with Gasteiger partial charge in [-0.25, -0.2) is 0 Å². The van der Waals surface area contributed by atoms with E-state index in [0.717, 1.165) is 19.3 Å². The van der Waals surface area contributed by atoms with E-state index in [1.54, 1.807) is 0 Å². The van der Waals surface area contributed by atoms with E-state index in [0.29, 0.717) is 13.0 Å². The summed E-state index contributed by atoms with van der Waals surface area (Å²) in [5.41, 5.74) is 2.41. The molecule has 0 bridgehead atoms. The highest BCUT2D eigenvalue weighted by atomic mass is 16.5. The van der Waals surface area contributed by atoms with Gasteiger partial charge in [-0.05, 0) is 43.7 Å². The summed E-state index contributed by atoms with van der Waals surface area (Å²) in [6.07, 6.45) is 3.39. The molecule has 1 aromatic heterocycles. The van der Waals surface area contributed by atoms with Gasteiger partial charge in [-0.3, -0.25) is 4.79 Å². The second kappa shape index (κ2) is 6.24. The Morgan fingerprint density at radius 3 is 2.89 bits per heavy atom. The Morgan fingerprint density at radius 1 is 1.28 bits per heavy atom. The third kappa shape index (κ3) is 3.36. The third-order valence-electron chi connectivity index (χ3n) is 2.97. The first-order valence-corrected chi connectivity index (χ1v) is 6.52. The molecule has 0 aliphatic rings. The number of esters is 1. The predicted molar refractivity (Wildman–Crippen MR) is 72.5 cm³/mol. The van der Waals surface area contributed by atoms with Gasteiger partial charge in [0.2, 0.25) is 0 Å². The van der Waals surface area contributed by atoms with Gasteiger partial charge in [-0.15, -0.1) is 0 Å². The second-order valence-corrected chi connectivity index (χ2v) is 4.39. The molecule has 1 N–H and O–H groups in total. The van der Waals surface area contributed by atoms with Crippen molar-refractivity contribution in [3.63, 3.8) is 0 Å². The minimum Gasteiger partial charge on any atom is -0.466 e. The number of para-hydroxylation sites is 1. The van der Waals surface area contributed by atoms with E-state index < -0.39 is 0 Å². The van der Waals surface area contributed by atoms with Gasteiger partial charge in [-0.2, -0.15) is 0 Å². The molecule has 2 aromatic rings. The monoisotopic (exact) mass is 245 g/mol. The van der Waals surface area contributed by atoms with Crippen LogP contribution in [0.5, 0.6) is 0 Å². The summed E-state index contributed by atoms with van der Waals surface area (Å²) in [6, 6.07) is 10.4. The van der Waals surface area contributed by atoms with Crippen molar-refractivity contribution in [2.45, 2.75) is 32.6 Å². The van der Waals surface area contributed by atoms with E-state index in [1.807, 2.05) is 19.1 Å². The van der Waals surface area contributed by atoms with Crippen LogP contribution >= 0.6 is 0 Å². The van der Waals surface area contributed by atoms with Crippen LogP contribution in [-0.4, -0.2) is 17.6 Å². The molecule has 0 saturated carbocycles. The summed E-state index contributed by atoms with van der Waals surface area (Å²) < 4.78 is 4.90. The molecule has 3 nitrogen and oxygen atoms in total. The van der Waals surface area contributed by atoms with Crippen LogP contribution < -0.4 is 0 Å². The second-order valence-electron chi connectivity index (χ2n) is 4.39. The molecule has 0 radical (unpaired) electrons. The summed E-state index contributed by atoms with van der Waals surface area (Å²) >= 11 is 0. The first-order valence-electron chi connectivity index (χ1n) is 6.52. The van der Waals surface area contributed by atoms with Crippen LogP contribution in [0, 0.1) is 0 Å². The zero-order chi connectivity index (χ0) is 12.8. The summed E-state index contributed by atoms with van der Waals surface area (Å²) in [7, 11) is 0. The number of fused-ring (bicyclic) bond motifs is 1. The first kappa shape index (κ1) is 12.7. The largest absolute Gasteiger partial charge is 0.466 e. The van der Waals surface area contributed by atoms with E-state index in [2.05, 4.69) is 23.2 Å². The van der Waals surface area contributed by atoms with Crippen LogP contribution in [0.1, 0.15) is 31.9 Å². The number of nitrogens with one attached hydrogen (secondary N) is 1. The molecule has 1 heterocycles. The summed E-state index contributed by atoms with van der Waals surface area (Å²) in [5, 5.41) is 1.25. The van der Waals surface area contributed by atoms with E-state index in [9.17, 15) is 4.79 Å². The molecule has 0 atom stereocenters. The predicted octanol–water partition coefficient (Wildman–Crippen LogP) is 3.44. The first-order chi connectivity index (χ1) is 8.79. The molecule has 0 fully saturated rings. The van der Waals surface area contributed by atoms with Crippen molar-refractivity contribution in [1.29, 1.82) is 0 Å². The van der Waals surface area contributed by atoms with Crippen LogP contribution in [0.25, 0.3) is 10.9 Å². The zero-order valence-electron chi connectivity index (χ0n) is 10.7. The average molecular weight is 245 g/mol. The molecular weight excluding hydrogens is 226 g/mol. The lowest BCUT2D eigenvalue weighted by molar-refractivity contribution is -0.143. The molecule has 1 aromatic carbocycles. The van der Waals surface area contributed by atoms with Crippen molar-refractivity contribution in [2.75, 3.05) is 6.61 Å². The summed E-state index contributed by atoms with van der Waals surface area (Å²) in [4.78, 5) is 14.6. The fraction of sp³-hybridized carbons (Fsp3) is 0.400. The number of benzene rings is 1. The molecule has 2 rings (SSSR count). The molecule has 0 unspecified atom stereocenters. The highest BCUT2D eigenvalue weighted by Crippen LogP contribution is 2.16. The Morgan fingerprint density at radius 2 is 2.11 bits per heavy atom. The van der Waals surface area contributed by atoms with Crippen LogP contribution in [0.2, 0.25) is 0 Å². The third-order valence-corrected chi connectivity index (χ3v) is 2.97. The Balaban J connectivity index is 1.78. The number of aromatic amines is 1. The fourth-order valence-corrected chi connectivity index (χ4v) is 2.09. The van der Waals surface area contributed by atoms with Crippen LogP contribution in [0.3, 0.4) is 0 Å². The molecular formula is C15H19NO2. The SMILES string of the molecule is CCOC(=O)CCCCc1cc2ccccc2[nH]1. The number of rotatable bonds is 6. The number of hydrogen-bond donors (Lipinski definition) is 1. The van der Waals surface area contributed by atoms with Crippen molar-refractivity contribution in [3.8, 4) is 0 Å². The van der Waals surface area contributed by atoms with Crippen molar-refractivity contribution in [2.24, 2.45) is 0 Å². The number of carbonyl (C=O) groups excluding carboxylic acids is 1. The molecule has 18 heavy (non-hydrogen) atoms. The Hall–Kier alpha value is -1.77. The lowest BCUT2D eigenvalue weighted by atomic mass is 10.1. The van der Waals surface area contributed by atoms with E-state index in [1.165, 1.54) is 16.6 Å². The molecule has 0 aliphatic carbocycles. The normalized spacial score (nSPS) is 10.7. The number of aromatic nitrogens is 1. The number of ether oxygens (including phenoxy) is 1. The molecule has 0 saturated heterocycles. The lowest BCUT2D eigenvalue weighted by Gasteiger charge is -2.01. The van der Waals surface area contributed by atoms with Crippen LogP contribution in [0.15, 0.2) is 30.3 Å². The summed E-state index contributed by atoms with van der Waals surface area (Å²) in [5.74, 6) is -0.0888. The van der Waals surface area contributed by atoms with E-state index >= 15 is 0 Å². The zero-order valence-corrected chi connectivity index (χ0v) is 10.7. The molecule has 0 aliphatic heterocycles. The van der Waals surface area contributed by atoms with Gasteiger partial charge in [0.15, 0.2) is 0 Å². The number of carbonyl (C=O) groups is 1. The Labute approximate surface area is 107 Å². The standard InChI is InChI=1S/C15H19NO2/c1-2-18-15(17)10-6-4-8-13-11-12-7-3-5-9-14(12)16-13/h3,5,7,9,11,16H,2,4,6,8,10H2,1H3. The molecule has 0 spiro atoms. The van der Waals surface area contributed by atoms with Crippen LogP contribution in [0.4, 0.5) is 0 Å². The van der Waals surface area contributed by atoms with E-state index in [4.69, 9.17) is 4.74 Å². The quantitative estimate of drug-likeness (QED) is 0.625. The minimum absolute atomic E-state index is 0.0888. The van der Waals surface area contributed by atoms with E-state index in [-0.39, 0.29) is 5.97 Å². The number of H-pyrrole nitrogens is 1. The van der Waals surface area contributed by atoms with Crippen molar-refractivity contribution in [1.82, 2.24) is 4.98 Å². The van der Waals surface area contributed by atoms with Gasteiger partial charge in [-0.1, -0.05) is 18.2 Å². The van der Waals surface area contributed by atoms with Gasteiger partial charge in [0.1, 0.15) is 0 Å². The molecule has 3 heteroatoms. The smallest absolute Gasteiger partial charge is 0.305 e. The van der Waals surface area contributed by atoms with Crippen LogP contribution in [-0.2, 0) is 16.0 Å². The minimum atomic E-state index is -0.0888. The average Bonchev–Trinajstić information content (AvgIpc) is 2.77. The van der Waals surface area contributed by atoms with Gasteiger partial charge in [0.25, 0.3) is 0 Å². The Kier molecular flexibility index (Phi) is 4.40. The molecule has 96 valence electrons. The highest BCUT2D eigenvalue weighted by Gasteiger charge is 2.03. The Bertz CT molecular complexity index is 483. The van der Waals surface area contributed by atoms with Gasteiger partial charge >= 0.3 is 5.97 Å². The van der Waals surface area contributed by atoms with Crippen molar-refractivity contribution >= 4 is 16.9 Å². The number of aryl methyl sites for hydroxylation is 1. The maximum absolute atomic E-state index is 11.2. The maximum Gasteiger partial charge on any atom is 0.305 e. The number of unbranched alkanes of at least 4 members (excludes halogenated alkanes) is 1. The summed E-state index contributed by atoms with van der Waals surface area (Å²) in [6.45, 7) is 2.31. The fourth-order valence-electron chi connectivity index (χ4n) is 2.09. The van der Waals surface area contributed by atoms with Crippen molar-refractivity contribution < 1.29 is 9.53 Å². The van der Waals surface area contributed by atoms with Gasteiger partial charge in [0.05, 0.1) is 6.61 Å². The maximum atomic E-state index is 11.2. The molecule has 0 amide bonds. The number of hydrogen-bond acceptors (Lipinski definition) is 2. The van der Waals surface area contributed by atoms with Gasteiger partial charge < -0.3 is 9.72 Å². The topological polar surface area (TPSA) is 42.1 Å². The highest BCUT2D eigenvalue weighted by molar-refractivity contribution is 5.80. The van der Waals surface area contributed by atoms with Gasteiger partial charge in [0, 0.05) is 17.6 Å². The lowest BCUT2D eigenvalue weighted by Crippen LogP contribution is -2.03.